The van der Waals surface area contributed by atoms with Gasteiger partial charge in [-0.05, 0) is 24.6 Å². The van der Waals surface area contributed by atoms with Gasteiger partial charge in [-0.2, -0.15) is 0 Å². The summed E-state index contributed by atoms with van der Waals surface area (Å²) in [6, 6.07) is 6.80. The van der Waals surface area contributed by atoms with Crippen molar-refractivity contribution in [3.63, 3.8) is 0 Å². The summed E-state index contributed by atoms with van der Waals surface area (Å²) in [6.45, 7) is 2.12. The largest absolute Gasteiger partial charge is 0.484 e. The number of likely N-dealkylation sites (N-methyl/N-ethyl adjacent to an activating group) is 1. The molecule has 0 atom stereocenters. The van der Waals surface area contributed by atoms with E-state index in [1.807, 2.05) is 6.92 Å². The maximum absolute atomic E-state index is 12.2. The van der Waals surface area contributed by atoms with Crippen molar-refractivity contribution in [2.45, 2.75) is 13.5 Å². The number of halogens is 2. The highest BCUT2D eigenvalue weighted by Gasteiger charge is 2.17. The van der Waals surface area contributed by atoms with Gasteiger partial charge in [0.15, 0.2) is 6.61 Å². The number of amides is 2. The van der Waals surface area contributed by atoms with Gasteiger partial charge in [0.1, 0.15) is 5.75 Å². The quantitative estimate of drug-likeness (QED) is 0.732. The predicted molar refractivity (Wildman–Crippen MR) is 97.2 cm³/mol. The first-order valence-corrected chi connectivity index (χ1v) is 8.60. The molecule has 128 valence electrons. The molecule has 8 heteroatoms. The Morgan fingerprint density at radius 1 is 1.38 bits per heavy atom. The third-order valence-electron chi connectivity index (χ3n) is 3.41. The number of hydrogen-bond donors (Lipinski definition) is 1. The van der Waals surface area contributed by atoms with Crippen LogP contribution in [0.25, 0.3) is 0 Å². The smallest absolute Gasteiger partial charge is 0.260 e. The molecule has 1 aromatic heterocycles. The molecule has 1 N–H and O–H groups in total. The minimum atomic E-state index is -0.193. The van der Waals surface area contributed by atoms with Crippen LogP contribution in [-0.4, -0.2) is 30.9 Å². The standard InChI is InChI=1S/C16H16Cl2N2O3S/c1-10-13(16(18)24-15(10)17)7-20(2)14(22)8-23-12-5-3-4-11(6-12)19-9-21/h3-6,9H,7-8H2,1-2H3,(H,19,21). The summed E-state index contributed by atoms with van der Waals surface area (Å²) in [5, 5.41) is 2.52. The van der Waals surface area contributed by atoms with Crippen LogP contribution in [0.4, 0.5) is 5.69 Å². The number of hydrogen-bond acceptors (Lipinski definition) is 4. The summed E-state index contributed by atoms with van der Waals surface area (Å²) < 4.78 is 6.70. The van der Waals surface area contributed by atoms with Crippen molar-refractivity contribution in [3.05, 3.63) is 44.1 Å². The fourth-order valence-corrected chi connectivity index (χ4v) is 3.66. The molecule has 0 fully saturated rings. The molecular weight excluding hydrogens is 371 g/mol. The summed E-state index contributed by atoms with van der Waals surface area (Å²) in [5.74, 6) is 0.304. The highest BCUT2D eigenvalue weighted by atomic mass is 35.5. The van der Waals surface area contributed by atoms with Gasteiger partial charge in [-0.1, -0.05) is 29.3 Å². The zero-order valence-electron chi connectivity index (χ0n) is 13.1. The Balaban J connectivity index is 1.94. The highest BCUT2D eigenvalue weighted by Crippen LogP contribution is 2.36. The molecule has 0 saturated heterocycles. The molecule has 2 aromatic rings. The Kier molecular flexibility index (Phi) is 6.48. The van der Waals surface area contributed by atoms with Crippen molar-refractivity contribution < 1.29 is 14.3 Å². The van der Waals surface area contributed by atoms with E-state index in [1.165, 1.54) is 16.2 Å². The van der Waals surface area contributed by atoms with Gasteiger partial charge in [0.25, 0.3) is 5.91 Å². The fourth-order valence-electron chi connectivity index (χ4n) is 1.99. The van der Waals surface area contributed by atoms with Crippen LogP contribution in [0.2, 0.25) is 8.67 Å². The summed E-state index contributed by atoms with van der Waals surface area (Å²) in [6.07, 6.45) is 0.579. The SMILES string of the molecule is Cc1c(Cl)sc(Cl)c1CN(C)C(=O)COc1cccc(NC=O)c1. The third kappa shape index (κ3) is 4.63. The van der Waals surface area contributed by atoms with Gasteiger partial charge in [0.05, 0.1) is 8.67 Å². The molecule has 2 rings (SSSR count). The Morgan fingerprint density at radius 2 is 2.12 bits per heavy atom. The summed E-state index contributed by atoms with van der Waals surface area (Å²) in [5.41, 5.74) is 2.33. The molecule has 5 nitrogen and oxygen atoms in total. The number of carbonyl (C=O) groups is 2. The van der Waals surface area contributed by atoms with E-state index in [0.717, 1.165) is 11.1 Å². The van der Waals surface area contributed by atoms with Crippen LogP contribution in [0.5, 0.6) is 5.75 Å². The van der Waals surface area contributed by atoms with E-state index >= 15 is 0 Å². The van der Waals surface area contributed by atoms with Crippen LogP contribution in [0, 0.1) is 6.92 Å². The lowest BCUT2D eigenvalue weighted by Gasteiger charge is -2.18. The van der Waals surface area contributed by atoms with Crippen molar-refractivity contribution in [2.24, 2.45) is 0 Å². The normalized spacial score (nSPS) is 10.3. The number of anilines is 1. The van der Waals surface area contributed by atoms with Crippen molar-refractivity contribution >= 4 is 52.5 Å². The van der Waals surface area contributed by atoms with E-state index < -0.39 is 0 Å². The van der Waals surface area contributed by atoms with Crippen LogP contribution < -0.4 is 10.1 Å². The Labute approximate surface area is 154 Å². The molecule has 1 aromatic carbocycles. The molecule has 0 aliphatic heterocycles. The summed E-state index contributed by atoms with van der Waals surface area (Å²) in [7, 11) is 1.68. The molecule has 2 amide bonds. The van der Waals surface area contributed by atoms with Crippen molar-refractivity contribution in [3.8, 4) is 5.75 Å². The Bertz CT molecular complexity index is 749. The zero-order chi connectivity index (χ0) is 17.7. The molecule has 0 bridgehead atoms. The van der Waals surface area contributed by atoms with Gasteiger partial charge in [0, 0.05) is 30.9 Å². The van der Waals surface area contributed by atoms with E-state index in [9.17, 15) is 9.59 Å². The van der Waals surface area contributed by atoms with Crippen molar-refractivity contribution in [1.29, 1.82) is 0 Å². The second kappa shape index (κ2) is 8.37. The Hall–Kier alpha value is -1.76. The van der Waals surface area contributed by atoms with Gasteiger partial charge in [-0.15, -0.1) is 11.3 Å². The molecule has 0 saturated carbocycles. The van der Waals surface area contributed by atoms with Crippen LogP contribution in [0.1, 0.15) is 11.1 Å². The zero-order valence-corrected chi connectivity index (χ0v) is 15.5. The average molecular weight is 387 g/mol. The van der Waals surface area contributed by atoms with Crippen LogP contribution >= 0.6 is 34.5 Å². The van der Waals surface area contributed by atoms with E-state index in [2.05, 4.69) is 5.32 Å². The molecule has 1 heterocycles. The molecule has 0 aliphatic carbocycles. The molecule has 24 heavy (non-hydrogen) atoms. The second-order valence-corrected chi connectivity index (χ2v) is 7.31. The lowest BCUT2D eigenvalue weighted by molar-refractivity contribution is -0.132. The fraction of sp³-hybridized carbons (Fsp3) is 0.250. The average Bonchev–Trinajstić information content (AvgIpc) is 2.79. The summed E-state index contributed by atoms with van der Waals surface area (Å²) >= 11 is 13.5. The van der Waals surface area contributed by atoms with Crippen LogP contribution in [0.3, 0.4) is 0 Å². The predicted octanol–water partition coefficient (Wildman–Crippen LogP) is 3.97. The summed E-state index contributed by atoms with van der Waals surface area (Å²) in [4.78, 5) is 24.2. The van der Waals surface area contributed by atoms with Gasteiger partial charge >= 0.3 is 0 Å². The van der Waals surface area contributed by atoms with Crippen molar-refractivity contribution in [2.75, 3.05) is 19.0 Å². The second-order valence-electron chi connectivity index (χ2n) is 5.08. The molecule has 0 aliphatic rings. The molecular formula is C16H16Cl2N2O3S. The van der Waals surface area contributed by atoms with Crippen LogP contribution in [0.15, 0.2) is 24.3 Å². The number of benzene rings is 1. The molecule has 0 unspecified atom stereocenters. The number of thiophene rings is 1. The van der Waals surface area contributed by atoms with Crippen LogP contribution in [-0.2, 0) is 16.1 Å². The lowest BCUT2D eigenvalue weighted by atomic mass is 10.2. The van der Waals surface area contributed by atoms with Gasteiger partial charge in [0.2, 0.25) is 6.41 Å². The third-order valence-corrected chi connectivity index (χ3v) is 5.29. The number of rotatable bonds is 7. The lowest BCUT2D eigenvalue weighted by Crippen LogP contribution is -2.31. The van der Waals surface area contributed by atoms with Crippen molar-refractivity contribution in [1.82, 2.24) is 4.90 Å². The van der Waals surface area contributed by atoms with E-state index in [1.54, 1.807) is 31.3 Å². The first-order valence-electron chi connectivity index (χ1n) is 7.02. The maximum atomic E-state index is 12.2. The monoisotopic (exact) mass is 386 g/mol. The van der Waals surface area contributed by atoms with E-state index in [4.69, 9.17) is 27.9 Å². The number of ether oxygens (including phenoxy) is 1. The van der Waals surface area contributed by atoms with E-state index in [-0.39, 0.29) is 12.5 Å². The number of carbonyl (C=O) groups excluding carboxylic acids is 2. The minimum absolute atomic E-state index is 0.115. The number of nitrogens with zero attached hydrogens (tertiary/aromatic N) is 1. The van der Waals surface area contributed by atoms with Gasteiger partial charge in [-0.3, -0.25) is 9.59 Å². The van der Waals surface area contributed by atoms with Gasteiger partial charge in [-0.25, -0.2) is 0 Å². The van der Waals surface area contributed by atoms with E-state index in [0.29, 0.717) is 33.1 Å². The highest BCUT2D eigenvalue weighted by molar-refractivity contribution is 7.20. The minimum Gasteiger partial charge on any atom is -0.484 e. The van der Waals surface area contributed by atoms with Gasteiger partial charge < -0.3 is 15.0 Å². The maximum Gasteiger partial charge on any atom is 0.260 e. The first kappa shape index (κ1) is 18.6. The molecule has 0 spiro atoms. The number of nitrogens with one attached hydrogen (secondary N) is 1. The first-order chi connectivity index (χ1) is 11.4. The molecule has 0 radical (unpaired) electrons. The topological polar surface area (TPSA) is 58.6 Å². The Morgan fingerprint density at radius 3 is 2.75 bits per heavy atom.